The number of carbonyl (C=O) groups excluding carboxylic acids is 1. The molecule has 2 aromatic rings. The van der Waals surface area contributed by atoms with Crippen LogP contribution in [0, 0.1) is 0 Å². The summed E-state index contributed by atoms with van der Waals surface area (Å²) in [5.74, 6) is 0. The number of nitrogens with zero attached hydrogens (tertiary/aromatic N) is 2. The van der Waals surface area contributed by atoms with E-state index in [1.165, 1.54) is 0 Å². The van der Waals surface area contributed by atoms with Gasteiger partial charge < -0.3 is 20.4 Å². The van der Waals surface area contributed by atoms with Crippen molar-refractivity contribution in [1.82, 2.24) is 10.2 Å². The van der Waals surface area contributed by atoms with E-state index in [1.807, 2.05) is 28.2 Å². The number of urea groups is 1. The van der Waals surface area contributed by atoms with E-state index in [-0.39, 0.29) is 12.1 Å². The van der Waals surface area contributed by atoms with Crippen molar-refractivity contribution in [3.8, 4) is 0 Å². The molecule has 0 aliphatic rings. The number of likely N-dealkylation sites (N-methyl/N-ethyl adjacent to an activating group) is 1. The molecule has 0 aromatic heterocycles. The first kappa shape index (κ1) is 19.1. The highest BCUT2D eigenvalue weighted by Gasteiger charge is 2.15. The molecule has 0 spiro atoms. The van der Waals surface area contributed by atoms with Gasteiger partial charge in [-0.05, 0) is 56.1 Å². The van der Waals surface area contributed by atoms with Crippen LogP contribution in [0.3, 0.4) is 0 Å². The van der Waals surface area contributed by atoms with Crippen LogP contribution in [0.5, 0.6) is 0 Å². The van der Waals surface area contributed by atoms with Crippen molar-refractivity contribution in [3.05, 3.63) is 59.1 Å². The second-order valence-electron chi connectivity index (χ2n) is 6.31. The van der Waals surface area contributed by atoms with Crippen molar-refractivity contribution in [2.75, 3.05) is 45.0 Å². The summed E-state index contributed by atoms with van der Waals surface area (Å²) in [6.45, 7) is 0.508. The predicted molar refractivity (Wildman–Crippen MR) is 106 cm³/mol. The fourth-order valence-corrected chi connectivity index (χ4v) is 2.62. The largest absolute Gasteiger partial charge is 0.378 e. The van der Waals surface area contributed by atoms with Crippen LogP contribution in [0.4, 0.5) is 16.2 Å². The highest BCUT2D eigenvalue weighted by Crippen LogP contribution is 2.21. The number of nitrogens with one attached hydrogen (secondary N) is 2. The molecule has 0 fully saturated rings. The smallest absolute Gasteiger partial charge is 0.319 e. The lowest BCUT2D eigenvalue weighted by molar-refractivity contribution is 0.243. The Morgan fingerprint density at radius 2 is 1.60 bits per heavy atom. The fraction of sp³-hybridized carbons (Fsp3) is 0.316. The molecule has 25 heavy (non-hydrogen) atoms. The lowest BCUT2D eigenvalue weighted by atomic mass is 10.1. The zero-order valence-electron chi connectivity index (χ0n) is 15.1. The first-order valence-corrected chi connectivity index (χ1v) is 8.48. The highest BCUT2D eigenvalue weighted by atomic mass is 35.5. The monoisotopic (exact) mass is 360 g/mol. The number of anilines is 2. The van der Waals surface area contributed by atoms with Gasteiger partial charge >= 0.3 is 6.03 Å². The molecule has 2 aromatic carbocycles. The van der Waals surface area contributed by atoms with Crippen molar-refractivity contribution >= 4 is 29.0 Å². The van der Waals surface area contributed by atoms with E-state index in [2.05, 4.69) is 44.7 Å². The quantitative estimate of drug-likeness (QED) is 0.823. The Morgan fingerprint density at radius 3 is 2.12 bits per heavy atom. The lowest BCUT2D eigenvalue weighted by Crippen LogP contribution is -2.36. The third-order valence-corrected chi connectivity index (χ3v) is 4.23. The van der Waals surface area contributed by atoms with Crippen LogP contribution in [0.1, 0.15) is 11.6 Å². The summed E-state index contributed by atoms with van der Waals surface area (Å²) in [5, 5.41) is 6.37. The van der Waals surface area contributed by atoms with Gasteiger partial charge in [-0.15, -0.1) is 0 Å². The maximum Gasteiger partial charge on any atom is 0.319 e. The summed E-state index contributed by atoms with van der Waals surface area (Å²) in [6, 6.07) is 15.2. The van der Waals surface area contributed by atoms with E-state index in [9.17, 15) is 4.79 Å². The normalized spacial score (nSPS) is 11.9. The van der Waals surface area contributed by atoms with Crippen LogP contribution in [-0.2, 0) is 0 Å². The minimum absolute atomic E-state index is 0.0900. The van der Waals surface area contributed by atoms with E-state index in [0.717, 1.165) is 11.3 Å². The molecule has 5 nitrogen and oxygen atoms in total. The van der Waals surface area contributed by atoms with E-state index >= 15 is 0 Å². The molecule has 0 saturated carbocycles. The van der Waals surface area contributed by atoms with Crippen molar-refractivity contribution in [2.45, 2.75) is 6.04 Å². The van der Waals surface area contributed by atoms with Crippen molar-refractivity contribution in [1.29, 1.82) is 0 Å². The molecule has 6 heteroatoms. The molecule has 1 unspecified atom stereocenters. The third kappa shape index (κ3) is 5.66. The second kappa shape index (κ2) is 8.74. The standard InChI is InChI=1S/C19H25ClN4O/c1-23(2)17-11-5-14(6-12-17)18(24(3)4)13-21-19(25)22-16-9-7-15(20)8-10-16/h5-12,18H,13H2,1-4H3,(H2,21,22,25). The zero-order valence-corrected chi connectivity index (χ0v) is 15.8. The SMILES string of the molecule is CN(C)c1ccc(C(CNC(=O)Nc2ccc(Cl)cc2)N(C)C)cc1. The van der Waals surface area contributed by atoms with E-state index in [0.29, 0.717) is 17.3 Å². The molecule has 2 amide bonds. The predicted octanol–water partition coefficient (Wildman–Crippen LogP) is 3.83. The molecule has 0 aliphatic carbocycles. The average Bonchev–Trinajstić information content (AvgIpc) is 2.57. The van der Waals surface area contributed by atoms with Crippen LogP contribution in [0.2, 0.25) is 5.02 Å². The summed E-state index contributed by atoms with van der Waals surface area (Å²) < 4.78 is 0. The molecular weight excluding hydrogens is 336 g/mol. The Bertz CT molecular complexity index is 684. The Balaban J connectivity index is 1.96. The van der Waals surface area contributed by atoms with E-state index < -0.39 is 0 Å². The van der Waals surface area contributed by atoms with Crippen LogP contribution >= 0.6 is 11.6 Å². The summed E-state index contributed by atoms with van der Waals surface area (Å²) in [6.07, 6.45) is 0. The number of halogens is 1. The number of amides is 2. The van der Waals surface area contributed by atoms with Crippen LogP contribution in [-0.4, -0.2) is 45.7 Å². The molecule has 2 N–H and O–H groups in total. The van der Waals surface area contributed by atoms with E-state index in [1.54, 1.807) is 24.3 Å². The number of hydrogen-bond acceptors (Lipinski definition) is 3. The molecule has 0 saturated heterocycles. The molecule has 134 valence electrons. The fourth-order valence-electron chi connectivity index (χ4n) is 2.49. The van der Waals surface area contributed by atoms with Gasteiger partial charge in [-0.25, -0.2) is 4.79 Å². The molecule has 1 atom stereocenters. The van der Waals surface area contributed by atoms with Crippen LogP contribution in [0.25, 0.3) is 0 Å². The van der Waals surface area contributed by atoms with Crippen LogP contribution in [0.15, 0.2) is 48.5 Å². The minimum Gasteiger partial charge on any atom is -0.378 e. The van der Waals surface area contributed by atoms with Gasteiger partial charge in [-0.1, -0.05) is 23.7 Å². The summed E-state index contributed by atoms with van der Waals surface area (Å²) in [4.78, 5) is 16.3. The van der Waals surface area contributed by atoms with Gasteiger partial charge in [0.25, 0.3) is 0 Å². The van der Waals surface area contributed by atoms with E-state index in [4.69, 9.17) is 11.6 Å². The second-order valence-corrected chi connectivity index (χ2v) is 6.74. The molecule has 2 rings (SSSR count). The van der Waals surface area contributed by atoms with Crippen molar-refractivity contribution in [3.63, 3.8) is 0 Å². The molecule has 0 aliphatic heterocycles. The van der Waals surface area contributed by atoms with Gasteiger partial charge in [0, 0.05) is 37.0 Å². The summed E-state index contributed by atoms with van der Waals surface area (Å²) in [7, 11) is 8.04. The summed E-state index contributed by atoms with van der Waals surface area (Å²) >= 11 is 5.85. The third-order valence-electron chi connectivity index (χ3n) is 3.98. The van der Waals surface area contributed by atoms with Crippen molar-refractivity contribution in [2.24, 2.45) is 0 Å². The van der Waals surface area contributed by atoms with Crippen molar-refractivity contribution < 1.29 is 4.79 Å². The van der Waals surface area contributed by atoms with Crippen LogP contribution < -0.4 is 15.5 Å². The Kier molecular flexibility index (Phi) is 6.67. The summed E-state index contributed by atoms with van der Waals surface area (Å²) in [5.41, 5.74) is 3.01. The van der Waals surface area contributed by atoms with Gasteiger partial charge in [0.15, 0.2) is 0 Å². The number of carbonyl (C=O) groups is 1. The highest BCUT2D eigenvalue weighted by molar-refractivity contribution is 6.30. The first-order chi connectivity index (χ1) is 11.9. The maximum atomic E-state index is 12.1. The van der Waals surface area contributed by atoms with Gasteiger partial charge in [0.2, 0.25) is 0 Å². The first-order valence-electron chi connectivity index (χ1n) is 8.11. The number of rotatable bonds is 6. The Morgan fingerprint density at radius 1 is 1.00 bits per heavy atom. The number of hydrogen-bond donors (Lipinski definition) is 2. The maximum absolute atomic E-state index is 12.1. The average molecular weight is 361 g/mol. The molecular formula is C19H25ClN4O. The Hall–Kier alpha value is -2.24. The van der Waals surface area contributed by atoms with Gasteiger partial charge in [0.1, 0.15) is 0 Å². The van der Waals surface area contributed by atoms with Gasteiger partial charge in [-0.2, -0.15) is 0 Å². The topological polar surface area (TPSA) is 47.6 Å². The molecule has 0 heterocycles. The lowest BCUT2D eigenvalue weighted by Gasteiger charge is -2.26. The van der Waals surface area contributed by atoms with Gasteiger partial charge in [-0.3, -0.25) is 0 Å². The zero-order chi connectivity index (χ0) is 18.4. The Labute approximate surface area is 154 Å². The number of benzene rings is 2. The van der Waals surface area contributed by atoms with Gasteiger partial charge in [0.05, 0.1) is 6.04 Å². The molecule has 0 bridgehead atoms. The minimum atomic E-state index is -0.237. The molecule has 0 radical (unpaired) electrons.